The molecule has 0 fully saturated rings. The minimum Gasteiger partial charge on any atom is -0.341 e. The van der Waals surface area contributed by atoms with Gasteiger partial charge in [-0.05, 0) is 37.1 Å². The molecular formula is C17H27N3O4S. The molecule has 0 aliphatic carbocycles. The lowest BCUT2D eigenvalue weighted by Crippen LogP contribution is -2.43. The number of nitrogens with zero attached hydrogens (tertiary/aromatic N) is 2. The summed E-state index contributed by atoms with van der Waals surface area (Å²) in [5.74, 6) is -0.433. The van der Waals surface area contributed by atoms with Crippen LogP contribution in [0.2, 0.25) is 0 Å². The molecule has 140 valence electrons. The van der Waals surface area contributed by atoms with Crippen LogP contribution in [0.4, 0.5) is 11.4 Å². The van der Waals surface area contributed by atoms with Gasteiger partial charge in [-0.1, -0.05) is 13.8 Å². The summed E-state index contributed by atoms with van der Waals surface area (Å²) in [7, 11) is -3.61. The van der Waals surface area contributed by atoms with Crippen LogP contribution in [0.25, 0.3) is 0 Å². The predicted octanol–water partition coefficient (Wildman–Crippen LogP) is 2.06. The highest BCUT2D eigenvalue weighted by Gasteiger charge is 2.23. The zero-order chi connectivity index (χ0) is 19.0. The third-order valence-corrected chi connectivity index (χ3v) is 4.64. The monoisotopic (exact) mass is 369 g/mol. The summed E-state index contributed by atoms with van der Waals surface area (Å²) < 4.78 is 25.4. The second kappa shape index (κ2) is 9.41. The molecule has 0 saturated carbocycles. The van der Waals surface area contributed by atoms with Crippen molar-refractivity contribution in [1.29, 1.82) is 0 Å². The van der Waals surface area contributed by atoms with Gasteiger partial charge < -0.3 is 10.2 Å². The fourth-order valence-electron chi connectivity index (χ4n) is 2.44. The number of hydrogen-bond acceptors (Lipinski definition) is 4. The summed E-state index contributed by atoms with van der Waals surface area (Å²) in [6.45, 7) is 6.32. The van der Waals surface area contributed by atoms with Crippen molar-refractivity contribution in [3.8, 4) is 0 Å². The Labute approximate surface area is 150 Å². The number of benzene rings is 1. The van der Waals surface area contributed by atoms with Gasteiger partial charge in [-0.15, -0.1) is 0 Å². The Kier molecular flexibility index (Phi) is 7.89. The molecule has 0 radical (unpaired) electrons. The molecule has 0 unspecified atom stereocenters. The summed E-state index contributed by atoms with van der Waals surface area (Å²) in [6, 6.07) is 6.36. The average Bonchev–Trinajstić information content (AvgIpc) is 2.51. The normalized spacial score (nSPS) is 11.0. The number of carbonyl (C=O) groups excluding carboxylic acids is 2. The van der Waals surface area contributed by atoms with Crippen LogP contribution in [0.5, 0.6) is 0 Å². The summed E-state index contributed by atoms with van der Waals surface area (Å²) in [4.78, 5) is 25.3. The van der Waals surface area contributed by atoms with Crippen molar-refractivity contribution in [3.05, 3.63) is 24.3 Å². The van der Waals surface area contributed by atoms with Crippen molar-refractivity contribution in [1.82, 2.24) is 4.90 Å². The minimum atomic E-state index is -3.61. The molecule has 1 N–H and O–H groups in total. The first kappa shape index (κ1) is 21.0. The van der Waals surface area contributed by atoms with Gasteiger partial charge in [0.2, 0.25) is 21.8 Å². The molecule has 2 amide bonds. The highest BCUT2D eigenvalue weighted by atomic mass is 32.2. The second-order valence-electron chi connectivity index (χ2n) is 5.88. The van der Waals surface area contributed by atoms with E-state index in [0.717, 1.165) is 23.4 Å². The second-order valence-corrected chi connectivity index (χ2v) is 7.79. The van der Waals surface area contributed by atoms with Crippen LogP contribution in [0, 0.1) is 0 Å². The van der Waals surface area contributed by atoms with Gasteiger partial charge in [0.25, 0.3) is 0 Å². The van der Waals surface area contributed by atoms with E-state index in [9.17, 15) is 18.0 Å². The van der Waals surface area contributed by atoms with Crippen LogP contribution in [0.1, 0.15) is 33.6 Å². The molecule has 1 aromatic carbocycles. The number of hydrogen-bond donors (Lipinski definition) is 1. The first-order valence-corrected chi connectivity index (χ1v) is 10.2. The smallest absolute Gasteiger partial charge is 0.243 e. The zero-order valence-corrected chi connectivity index (χ0v) is 16.1. The minimum absolute atomic E-state index is 0.210. The Balaban J connectivity index is 3.02. The van der Waals surface area contributed by atoms with E-state index in [-0.39, 0.29) is 18.4 Å². The average molecular weight is 369 g/mol. The van der Waals surface area contributed by atoms with E-state index in [1.165, 1.54) is 6.92 Å². The van der Waals surface area contributed by atoms with E-state index < -0.39 is 10.0 Å². The number of sulfonamides is 1. The molecule has 0 spiro atoms. The van der Waals surface area contributed by atoms with E-state index >= 15 is 0 Å². The summed E-state index contributed by atoms with van der Waals surface area (Å²) >= 11 is 0. The van der Waals surface area contributed by atoms with Gasteiger partial charge in [0.1, 0.15) is 6.54 Å². The van der Waals surface area contributed by atoms with Crippen molar-refractivity contribution in [2.75, 3.05) is 35.5 Å². The fraction of sp³-hybridized carbons (Fsp3) is 0.529. The molecule has 0 heterocycles. The standard InChI is InChI=1S/C17H27N3O4S/c1-5-11-19(12-6-2)17(22)13-20(25(4,23)24)16-9-7-15(8-10-16)18-14(3)21/h7-10H,5-6,11-13H2,1-4H3,(H,18,21). The maximum Gasteiger partial charge on any atom is 0.243 e. The predicted molar refractivity (Wildman–Crippen MR) is 100 cm³/mol. The molecule has 7 nitrogen and oxygen atoms in total. The van der Waals surface area contributed by atoms with Crippen molar-refractivity contribution in [2.24, 2.45) is 0 Å². The number of anilines is 2. The molecule has 25 heavy (non-hydrogen) atoms. The summed E-state index contributed by atoms with van der Waals surface area (Å²) in [5, 5.41) is 2.62. The lowest BCUT2D eigenvalue weighted by molar-refractivity contribution is -0.129. The number of amides is 2. The van der Waals surface area contributed by atoms with E-state index in [1.807, 2.05) is 13.8 Å². The number of rotatable bonds is 9. The van der Waals surface area contributed by atoms with E-state index in [2.05, 4.69) is 5.32 Å². The van der Waals surface area contributed by atoms with Gasteiger partial charge in [-0.3, -0.25) is 13.9 Å². The molecule has 1 rings (SSSR count). The molecule has 0 aliphatic rings. The molecule has 0 atom stereocenters. The van der Waals surface area contributed by atoms with Gasteiger partial charge in [-0.2, -0.15) is 0 Å². The van der Waals surface area contributed by atoms with Crippen molar-refractivity contribution in [3.63, 3.8) is 0 Å². The van der Waals surface area contributed by atoms with Crippen LogP contribution in [0.3, 0.4) is 0 Å². The van der Waals surface area contributed by atoms with E-state index in [0.29, 0.717) is 24.5 Å². The topological polar surface area (TPSA) is 86.8 Å². The Morgan fingerprint density at radius 3 is 1.96 bits per heavy atom. The largest absolute Gasteiger partial charge is 0.341 e. The van der Waals surface area contributed by atoms with Gasteiger partial charge in [0.05, 0.1) is 11.9 Å². The first-order valence-electron chi connectivity index (χ1n) is 8.32. The van der Waals surface area contributed by atoms with Gasteiger partial charge in [0.15, 0.2) is 0 Å². The molecule has 0 aliphatic heterocycles. The fourth-order valence-corrected chi connectivity index (χ4v) is 3.29. The van der Waals surface area contributed by atoms with Crippen LogP contribution in [0.15, 0.2) is 24.3 Å². The van der Waals surface area contributed by atoms with Crippen molar-refractivity contribution >= 4 is 33.2 Å². The van der Waals surface area contributed by atoms with Gasteiger partial charge in [0, 0.05) is 25.7 Å². The van der Waals surface area contributed by atoms with Crippen LogP contribution in [-0.2, 0) is 19.6 Å². The molecular weight excluding hydrogens is 342 g/mol. The van der Waals surface area contributed by atoms with E-state index in [4.69, 9.17) is 0 Å². The molecule has 0 saturated heterocycles. The van der Waals surface area contributed by atoms with Crippen molar-refractivity contribution < 1.29 is 18.0 Å². The highest BCUT2D eigenvalue weighted by molar-refractivity contribution is 7.92. The summed E-state index contributed by atoms with van der Waals surface area (Å²) in [6.07, 6.45) is 2.71. The maximum absolute atomic E-state index is 12.5. The van der Waals surface area contributed by atoms with Crippen molar-refractivity contribution in [2.45, 2.75) is 33.6 Å². The zero-order valence-electron chi connectivity index (χ0n) is 15.3. The van der Waals surface area contributed by atoms with Gasteiger partial charge in [-0.25, -0.2) is 8.42 Å². The quantitative estimate of drug-likeness (QED) is 0.722. The number of nitrogens with one attached hydrogen (secondary N) is 1. The number of carbonyl (C=O) groups is 2. The van der Waals surface area contributed by atoms with Crippen LogP contribution < -0.4 is 9.62 Å². The Bertz CT molecular complexity index is 680. The Hall–Kier alpha value is -2.09. The highest BCUT2D eigenvalue weighted by Crippen LogP contribution is 2.20. The first-order chi connectivity index (χ1) is 11.7. The Morgan fingerprint density at radius 2 is 1.56 bits per heavy atom. The molecule has 0 bridgehead atoms. The molecule has 8 heteroatoms. The third kappa shape index (κ3) is 6.74. The SMILES string of the molecule is CCCN(CCC)C(=O)CN(c1ccc(NC(C)=O)cc1)S(C)(=O)=O. The summed E-state index contributed by atoms with van der Waals surface area (Å²) in [5.41, 5.74) is 0.951. The van der Waals surface area contributed by atoms with E-state index in [1.54, 1.807) is 29.2 Å². The van der Waals surface area contributed by atoms with Crippen LogP contribution in [-0.4, -0.2) is 51.0 Å². The lowest BCUT2D eigenvalue weighted by atomic mass is 10.2. The lowest BCUT2D eigenvalue weighted by Gasteiger charge is -2.27. The van der Waals surface area contributed by atoms with Crippen LogP contribution >= 0.6 is 0 Å². The van der Waals surface area contributed by atoms with Gasteiger partial charge >= 0.3 is 0 Å². The maximum atomic E-state index is 12.5. The molecule has 1 aromatic rings. The third-order valence-electron chi connectivity index (χ3n) is 3.49. The molecule has 0 aromatic heterocycles. The Morgan fingerprint density at radius 1 is 1.04 bits per heavy atom.